The molecule has 0 atom stereocenters. The van der Waals surface area contributed by atoms with Gasteiger partial charge in [0.05, 0.1) is 33.6 Å². The van der Waals surface area contributed by atoms with E-state index in [1.54, 1.807) is 0 Å². The maximum atomic E-state index is 5.33. The number of benzene rings is 9. The summed E-state index contributed by atoms with van der Waals surface area (Å²) in [4.78, 5) is 15.8. The van der Waals surface area contributed by atoms with Crippen LogP contribution in [0.15, 0.2) is 231 Å². The minimum absolute atomic E-state index is 0.673. The van der Waals surface area contributed by atoms with Crippen molar-refractivity contribution in [2.24, 2.45) is 0 Å². The molecule has 12 rings (SSSR count). The summed E-state index contributed by atoms with van der Waals surface area (Å²) in [5, 5.41) is 5.94. The van der Waals surface area contributed by atoms with E-state index in [1.807, 2.05) is 12.1 Å². The SMILES string of the molecule is c1ccc(-c2cc(-c3cccc(-c4cccc5c4ccc4nc(-c6ccccc6)cc(-c6ccccc6)c45)c3)nc(-c3cccc(-n4c5ccccc5c5ccccc54)c3)n2)cc1. The van der Waals surface area contributed by atoms with Crippen LogP contribution in [-0.4, -0.2) is 19.5 Å². The number of rotatable bonds is 7. The largest absolute Gasteiger partial charge is 0.309 e. The lowest BCUT2D eigenvalue weighted by Gasteiger charge is -2.15. The minimum Gasteiger partial charge on any atom is -0.309 e. The van der Waals surface area contributed by atoms with E-state index in [9.17, 15) is 0 Å². The van der Waals surface area contributed by atoms with Crippen molar-refractivity contribution in [3.63, 3.8) is 0 Å². The first-order valence-electron chi connectivity index (χ1n) is 21.4. The van der Waals surface area contributed by atoms with Crippen LogP contribution in [0.25, 0.3) is 117 Å². The Balaban J connectivity index is 1.00. The van der Waals surface area contributed by atoms with Gasteiger partial charge >= 0.3 is 0 Å². The Morgan fingerprint density at radius 2 is 0.810 bits per heavy atom. The van der Waals surface area contributed by atoms with E-state index in [4.69, 9.17) is 15.0 Å². The Bertz CT molecular complexity index is 3620. The number of nitrogens with zero attached hydrogens (tertiary/aromatic N) is 4. The molecule has 294 valence electrons. The molecule has 4 nitrogen and oxygen atoms in total. The highest BCUT2D eigenvalue weighted by Gasteiger charge is 2.18. The lowest BCUT2D eigenvalue weighted by Crippen LogP contribution is -1.98. The molecular weight excluding hydrogens is 765 g/mol. The Morgan fingerprint density at radius 3 is 1.51 bits per heavy atom. The van der Waals surface area contributed by atoms with Crippen molar-refractivity contribution in [1.82, 2.24) is 19.5 Å². The number of para-hydroxylation sites is 2. The van der Waals surface area contributed by atoms with Gasteiger partial charge in [-0.2, -0.15) is 0 Å². The van der Waals surface area contributed by atoms with Gasteiger partial charge in [-0.15, -0.1) is 0 Å². The van der Waals surface area contributed by atoms with Crippen LogP contribution in [0.2, 0.25) is 0 Å². The van der Waals surface area contributed by atoms with E-state index in [1.165, 1.54) is 38.1 Å². The zero-order valence-corrected chi connectivity index (χ0v) is 34.2. The van der Waals surface area contributed by atoms with Crippen molar-refractivity contribution >= 4 is 43.5 Å². The monoisotopic (exact) mass is 802 g/mol. The van der Waals surface area contributed by atoms with Crippen molar-refractivity contribution in [2.75, 3.05) is 0 Å². The number of hydrogen-bond acceptors (Lipinski definition) is 3. The van der Waals surface area contributed by atoms with Gasteiger partial charge in [-0.25, -0.2) is 15.0 Å². The van der Waals surface area contributed by atoms with E-state index < -0.39 is 0 Å². The van der Waals surface area contributed by atoms with Crippen LogP contribution >= 0.6 is 0 Å². The van der Waals surface area contributed by atoms with Gasteiger partial charge in [-0.1, -0.05) is 182 Å². The number of hydrogen-bond donors (Lipinski definition) is 0. The first-order valence-corrected chi connectivity index (χ1v) is 21.4. The van der Waals surface area contributed by atoms with Crippen molar-refractivity contribution in [1.29, 1.82) is 0 Å². The third kappa shape index (κ3) is 6.44. The Kier molecular flexibility index (Phi) is 8.79. The lowest BCUT2D eigenvalue weighted by molar-refractivity contribution is 1.16. The van der Waals surface area contributed by atoms with Gasteiger partial charge < -0.3 is 4.57 Å². The molecule has 0 aliphatic carbocycles. The highest BCUT2D eigenvalue weighted by Crippen LogP contribution is 2.41. The summed E-state index contributed by atoms with van der Waals surface area (Å²) in [6, 6.07) is 81.5. The van der Waals surface area contributed by atoms with Crippen LogP contribution in [-0.2, 0) is 0 Å². The first-order chi connectivity index (χ1) is 31.2. The summed E-state index contributed by atoms with van der Waals surface area (Å²) in [6.07, 6.45) is 0. The maximum absolute atomic E-state index is 5.33. The van der Waals surface area contributed by atoms with Crippen molar-refractivity contribution in [2.45, 2.75) is 0 Å². The topological polar surface area (TPSA) is 43.6 Å². The van der Waals surface area contributed by atoms with E-state index in [-0.39, 0.29) is 0 Å². The Labute approximate surface area is 365 Å². The highest BCUT2D eigenvalue weighted by molar-refractivity contribution is 6.17. The third-order valence-corrected chi connectivity index (χ3v) is 12.2. The molecule has 0 fully saturated rings. The van der Waals surface area contributed by atoms with Crippen LogP contribution in [0.1, 0.15) is 0 Å². The Hall–Kier alpha value is -8.47. The van der Waals surface area contributed by atoms with Gasteiger partial charge in [0.25, 0.3) is 0 Å². The molecule has 0 aliphatic heterocycles. The van der Waals surface area contributed by atoms with Crippen LogP contribution in [0.5, 0.6) is 0 Å². The van der Waals surface area contributed by atoms with Crippen molar-refractivity contribution < 1.29 is 0 Å². The molecule has 0 amide bonds. The quantitative estimate of drug-likeness (QED) is 0.151. The van der Waals surface area contributed by atoms with Gasteiger partial charge in [-0.05, 0) is 81.6 Å². The van der Waals surface area contributed by atoms with Gasteiger partial charge in [0, 0.05) is 44.1 Å². The molecule has 0 radical (unpaired) electrons. The Morgan fingerprint density at radius 1 is 0.286 bits per heavy atom. The van der Waals surface area contributed by atoms with Crippen molar-refractivity contribution in [3.05, 3.63) is 231 Å². The lowest BCUT2D eigenvalue weighted by atomic mass is 9.91. The summed E-state index contributed by atoms with van der Waals surface area (Å²) < 4.78 is 2.34. The smallest absolute Gasteiger partial charge is 0.160 e. The second-order valence-corrected chi connectivity index (χ2v) is 16.0. The highest BCUT2D eigenvalue weighted by atomic mass is 15.0. The number of aromatic nitrogens is 4. The summed E-state index contributed by atoms with van der Waals surface area (Å²) in [7, 11) is 0. The standard InChI is InChI=1S/C59H38N4/c1-4-17-39(18-5-1)51-37-53(40-19-6-2-7-20-40)60-52-34-33-47-46(29-16-30-50(47)58(51)52)42-23-14-24-43(35-42)55-38-54(41-21-8-3-9-22-41)61-59(62-55)44-25-15-26-45(36-44)63-56-31-12-10-27-48(56)49-28-11-13-32-57(49)63/h1-38H. The first kappa shape index (κ1) is 36.4. The zero-order valence-electron chi connectivity index (χ0n) is 34.2. The second kappa shape index (κ2) is 15.2. The van der Waals surface area contributed by atoms with Gasteiger partial charge in [0.2, 0.25) is 0 Å². The number of pyridine rings is 1. The molecule has 0 N–H and O–H groups in total. The molecule has 12 aromatic rings. The average Bonchev–Trinajstić information content (AvgIpc) is 3.71. The predicted molar refractivity (Wildman–Crippen MR) is 262 cm³/mol. The van der Waals surface area contributed by atoms with Crippen LogP contribution in [0.4, 0.5) is 0 Å². The van der Waals surface area contributed by atoms with Crippen molar-refractivity contribution in [3.8, 4) is 73.1 Å². The molecule has 63 heavy (non-hydrogen) atoms. The zero-order chi connectivity index (χ0) is 41.7. The molecular formula is C59H38N4. The van der Waals surface area contributed by atoms with Gasteiger partial charge in [-0.3, -0.25) is 0 Å². The normalized spacial score (nSPS) is 11.5. The fraction of sp³-hybridized carbons (Fsp3) is 0. The van der Waals surface area contributed by atoms with Gasteiger partial charge in [0.15, 0.2) is 5.82 Å². The van der Waals surface area contributed by atoms with E-state index in [2.05, 4.69) is 223 Å². The minimum atomic E-state index is 0.673. The molecule has 0 saturated heterocycles. The summed E-state index contributed by atoms with van der Waals surface area (Å²) >= 11 is 0. The number of fused-ring (bicyclic) bond motifs is 6. The fourth-order valence-electron chi connectivity index (χ4n) is 9.26. The third-order valence-electron chi connectivity index (χ3n) is 12.2. The summed E-state index contributed by atoms with van der Waals surface area (Å²) in [6.45, 7) is 0. The molecule has 3 heterocycles. The molecule has 0 bridgehead atoms. The fourth-order valence-corrected chi connectivity index (χ4v) is 9.26. The van der Waals surface area contributed by atoms with Crippen LogP contribution < -0.4 is 0 Å². The van der Waals surface area contributed by atoms with E-state index in [0.29, 0.717) is 5.82 Å². The summed E-state index contributed by atoms with van der Waals surface area (Å²) in [5.74, 6) is 0.673. The van der Waals surface area contributed by atoms with E-state index in [0.717, 1.165) is 72.6 Å². The maximum Gasteiger partial charge on any atom is 0.160 e. The predicted octanol–water partition coefficient (Wildman–Crippen LogP) is 15.3. The molecule has 0 aliphatic rings. The van der Waals surface area contributed by atoms with E-state index >= 15 is 0 Å². The average molecular weight is 803 g/mol. The molecule has 4 heteroatoms. The molecule has 9 aromatic carbocycles. The molecule has 3 aromatic heterocycles. The molecule has 0 spiro atoms. The molecule has 0 unspecified atom stereocenters. The molecule has 0 saturated carbocycles. The van der Waals surface area contributed by atoms with Crippen LogP contribution in [0.3, 0.4) is 0 Å². The van der Waals surface area contributed by atoms with Gasteiger partial charge in [0.1, 0.15) is 0 Å². The summed E-state index contributed by atoms with van der Waals surface area (Å²) in [5.41, 5.74) is 15.8. The van der Waals surface area contributed by atoms with Crippen LogP contribution in [0, 0.1) is 0 Å². The second-order valence-electron chi connectivity index (χ2n) is 16.0.